The van der Waals surface area contributed by atoms with E-state index in [1.54, 1.807) is 12.1 Å². The Balaban J connectivity index is 2.28. The summed E-state index contributed by atoms with van der Waals surface area (Å²) < 4.78 is 0. The SMILES string of the molecule is O=C(Br)Nc1ccc2c(c1)NC(=O)CS2. The van der Waals surface area contributed by atoms with Gasteiger partial charge in [0.2, 0.25) is 5.91 Å². The summed E-state index contributed by atoms with van der Waals surface area (Å²) in [7, 11) is 0. The van der Waals surface area contributed by atoms with Crippen LogP contribution in [0.2, 0.25) is 0 Å². The summed E-state index contributed by atoms with van der Waals surface area (Å²) in [4.78, 5) is 22.6. The third-order valence-corrected chi connectivity index (χ3v) is 3.13. The van der Waals surface area contributed by atoms with Crippen LogP contribution in [-0.2, 0) is 4.79 Å². The van der Waals surface area contributed by atoms with E-state index in [-0.39, 0.29) is 10.7 Å². The minimum atomic E-state index is -0.308. The van der Waals surface area contributed by atoms with Gasteiger partial charge in [-0.1, -0.05) is 0 Å². The third kappa shape index (κ3) is 2.51. The Morgan fingerprint density at radius 3 is 3.07 bits per heavy atom. The number of anilines is 2. The second kappa shape index (κ2) is 4.24. The van der Waals surface area contributed by atoms with Crippen molar-refractivity contribution in [1.82, 2.24) is 0 Å². The van der Waals surface area contributed by atoms with Gasteiger partial charge in [-0.3, -0.25) is 9.59 Å². The second-order valence-electron chi connectivity index (χ2n) is 2.95. The fraction of sp³-hybridized carbons (Fsp3) is 0.111. The van der Waals surface area contributed by atoms with Crippen molar-refractivity contribution in [2.45, 2.75) is 4.90 Å². The molecule has 1 heterocycles. The zero-order valence-electron chi connectivity index (χ0n) is 7.54. The largest absolute Gasteiger partial charge is 0.324 e. The monoisotopic (exact) mass is 286 g/mol. The molecule has 2 N–H and O–H groups in total. The summed E-state index contributed by atoms with van der Waals surface area (Å²) in [5, 5.41) is 5.33. The molecule has 2 amide bonds. The first-order valence-corrected chi connectivity index (χ1v) is 5.96. The fourth-order valence-corrected chi connectivity index (χ4v) is 2.29. The summed E-state index contributed by atoms with van der Waals surface area (Å²) in [6, 6.07) is 5.40. The lowest BCUT2D eigenvalue weighted by Crippen LogP contribution is -2.18. The summed E-state index contributed by atoms with van der Waals surface area (Å²) in [5.74, 6) is 0.423. The predicted molar refractivity (Wildman–Crippen MR) is 63.7 cm³/mol. The lowest BCUT2D eigenvalue weighted by atomic mass is 10.2. The van der Waals surface area contributed by atoms with Crippen molar-refractivity contribution in [3.63, 3.8) is 0 Å². The van der Waals surface area contributed by atoms with E-state index < -0.39 is 0 Å². The zero-order valence-corrected chi connectivity index (χ0v) is 9.94. The Kier molecular flexibility index (Phi) is 2.97. The van der Waals surface area contributed by atoms with Crippen molar-refractivity contribution >= 4 is 49.8 Å². The molecule has 0 unspecified atom stereocenters. The predicted octanol–water partition coefficient (Wildman–Crippen LogP) is 2.66. The van der Waals surface area contributed by atoms with E-state index in [1.807, 2.05) is 6.07 Å². The molecule has 0 saturated heterocycles. The van der Waals surface area contributed by atoms with Gasteiger partial charge in [0.15, 0.2) is 0 Å². The van der Waals surface area contributed by atoms with Gasteiger partial charge in [-0.15, -0.1) is 11.8 Å². The lowest BCUT2D eigenvalue weighted by Gasteiger charge is -2.16. The minimum Gasteiger partial charge on any atom is -0.324 e. The third-order valence-electron chi connectivity index (χ3n) is 1.86. The molecule has 0 atom stereocenters. The van der Waals surface area contributed by atoms with Crippen molar-refractivity contribution in [3.05, 3.63) is 18.2 Å². The average molecular weight is 287 g/mol. The Bertz CT molecular complexity index is 436. The molecule has 1 aliphatic rings. The van der Waals surface area contributed by atoms with Crippen LogP contribution in [-0.4, -0.2) is 16.5 Å². The Labute approximate surface area is 98.9 Å². The highest BCUT2D eigenvalue weighted by Gasteiger charge is 2.15. The highest BCUT2D eigenvalue weighted by Crippen LogP contribution is 2.33. The van der Waals surface area contributed by atoms with Gasteiger partial charge in [0.05, 0.1) is 11.4 Å². The van der Waals surface area contributed by atoms with E-state index in [1.165, 1.54) is 11.8 Å². The molecule has 2 rings (SSSR count). The molecule has 0 radical (unpaired) electrons. The summed E-state index contributed by atoms with van der Waals surface area (Å²) in [5.41, 5.74) is 1.40. The molecule has 0 fully saturated rings. The average Bonchev–Trinajstić information content (AvgIpc) is 2.16. The number of amides is 2. The Morgan fingerprint density at radius 2 is 2.33 bits per heavy atom. The van der Waals surface area contributed by atoms with Crippen LogP contribution >= 0.6 is 27.7 Å². The van der Waals surface area contributed by atoms with E-state index in [0.29, 0.717) is 11.4 Å². The molecule has 1 aliphatic heterocycles. The maximum Gasteiger partial charge on any atom is 0.291 e. The number of fused-ring (bicyclic) bond motifs is 1. The quantitative estimate of drug-likeness (QED) is 0.616. The van der Waals surface area contributed by atoms with Crippen LogP contribution in [0.3, 0.4) is 0 Å². The van der Waals surface area contributed by atoms with Crippen molar-refractivity contribution in [2.24, 2.45) is 0 Å². The van der Waals surface area contributed by atoms with Gasteiger partial charge in [-0.25, -0.2) is 0 Å². The van der Waals surface area contributed by atoms with E-state index in [2.05, 4.69) is 26.6 Å². The Hall–Kier alpha value is -1.01. The number of nitrogens with one attached hydrogen (secondary N) is 2. The maximum atomic E-state index is 11.1. The van der Waals surface area contributed by atoms with Gasteiger partial charge in [0.25, 0.3) is 4.82 Å². The summed E-state index contributed by atoms with van der Waals surface area (Å²) >= 11 is 4.26. The summed E-state index contributed by atoms with van der Waals surface area (Å²) in [6.07, 6.45) is 0. The number of carbonyl (C=O) groups excluding carboxylic acids is 2. The van der Waals surface area contributed by atoms with Gasteiger partial charge in [0, 0.05) is 26.5 Å². The molecule has 4 nitrogen and oxygen atoms in total. The van der Waals surface area contributed by atoms with Crippen LogP contribution in [0.4, 0.5) is 16.2 Å². The van der Waals surface area contributed by atoms with Gasteiger partial charge >= 0.3 is 0 Å². The van der Waals surface area contributed by atoms with Crippen LogP contribution in [0.1, 0.15) is 0 Å². The summed E-state index contributed by atoms with van der Waals surface area (Å²) in [6.45, 7) is 0. The number of rotatable bonds is 1. The molecule has 0 aliphatic carbocycles. The number of benzene rings is 1. The molecule has 78 valence electrons. The van der Waals surface area contributed by atoms with Gasteiger partial charge in [0.1, 0.15) is 0 Å². The second-order valence-corrected chi connectivity index (χ2v) is 4.68. The number of carbonyl (C=O) groups is 2. The standard InChI is InChI=1S/C9H7BrN2O2S/c10-9(14)11-5-1-2-7-6(3-5)12-8(13)4-15-7/h1-3H,4H2,(H,11,14)(H,12,13). The number of halogens is 1. The first-order chi connectivity index (χ1) is 7.15. The first-order valence-electron chi connectivity index (χ1n) is 4.18. The van der Waals surface area contributed by atoms with Crippen LogP contribution < -0.4 is 10.6 Å². The van der Waals surface area contributed by atoms with Gasteiger partial charge < -0.3 is 10.6 Å². The van der Waals surface area contributed by atoms with Crippen LogP contribution in [0.25, 0.3) is 0 Å². The molecule has 1 aromatic carbocycles. The van der Waals surface area contributed by atoms with Crippen molar-refractivity contribution in [2.75, 3.05) is 16.4 Å². The highest BCUT2D eigenvalue weighted by atomic mass is 79.9. The number of hydrogen-bond donors (Lipinski definition) is 2. The maximum absolute atomic E-state index is 11.1. The van der Waals surface area contributed by atoms with Gasteiger partial charge in [-0.2, -0.15) is 0 Å². The van der Waals surface area contributed by atoms with Crippen molar-refractivity contribution < 1.29 is 9.59 Å². The molecule has 1 aromatic rings. The molecule has 15 heavy (non-hydrogen) atoms. The molecular weight excluding hydrogens is 280 g/mol. The van der Waals surface area contributed by atoms with E-state index >= 15 is 0 Å². The van der Waals surface area contributed by atoms with Crippen LogP contribution in [0.15, 0.2) is 23.1 Å². The fourth-order valence-electron chi connectivity index (χ4n) is 1.27. The highest BCUT2D eigenvalue weighted by molar-refractivity contribution is 9.18. The molecule has 6 heteroatoms. The van der Waals surface area contributed by atoms with Crippen molar-refractivity contribution in [3.8, 4) is 0 Å². The van der Waals surface area contributed by atoms with E-state index in [9.17, 15) is 9.59 Å². The molecule has 0 spiro atoms. The lowest BCUT2D eigenvalue weighted by molar-refractivity contribution is -0.113. The molecule has 0 saturated carbocycles. The first kappa shape index (κ1) is 10.5. The topological polar surface area (TPSA) is 58.2 Å². The zero-order chi connectivity index (χ0) is 10.8. The van der Waals surface area contributed by atoms with Crippen LogP contribution in [0.5, 0.6) is 0 Å². The van der Waals surface area contributed by atoms with Gasteiger partial charge in [-0.05, 0) is 18.2 Å². The minimum absolute atomic E-state index is 0.0187. The normalized spacial score (nSPS) is 14.1. The van der Waals surface area contributed by atoms with E-state index in [4.69, 9.17) is 0 Å². The van der Waals surface area contributed by atoms with E-state index in [0.717, 1.165) is 10.6 Å². The number of hydrogen-bond acceptors (Lipinski definition) is 3. The number of thioether (sulfide) groups is 1. The molecular formula is C9H7BrN2O2S. The molecule has 0 aromatic heterocycles. The van der Waals surface area contributed by atoms with Crippen LogP contribution in [0, 0.1) is 0 Å². The Morgan fingerprint density at radius 1 is 1.53 bits per heavy atom. The smallest absolute Gasteiger partial charge is 0.291 e. The molecule has 0 bridgehead atoms. The van der Waals surface area contributed by atoms with Crippen molar-refractivity contribution in [1.29, 1.82) is 0 Å².